The van der Waals surface area contributed by atoms with Crippen LogP contribution in [0.15, 0.2) is 64.5 Å². The van der Waals surface area contributed by atoms with Crippen molar-refractivity contribution in [1.82, 2.24) is 15.2 Å². The molecule has 2 aromatic carbocycles. The Morgan fingerprint density at radius 1 is 1.07 bits per heavy atom. The molecule has 1 heterocycles. The first kappa shape index (κ1) is 20.3. The second kappa shape index (κ2) is 9.65. The van der Waals surface area contributed by atoms with Crippen LogP contribution in [-0.2, 0) is 9.53 Å². The summed E-state index contributed by atoms with van der Waals surface area (Å²) in [6.07, 6.45) is 0. The number of carbonyl (C=O) groups is 2. The van der Waals surface area contributed by atoms with E-state index in [1.807, 2.05) is 18.2 Å². The second-order valence-electron chi connectivity index (χ2n) is 5.81. The summed E-state index contributed by atoms with van der Waals surface area (Å²) in [7, 11) is 0. The Morgan fingerprint density at radius 3 is 2.45 bits per heavy atom. The minimum atomic E-state index is -0.414. The summed E-state index contributed by atoms with van der Waals surface area (Å²) in [6.45, 7) is 2.03. The fourth-order valence-corrected chi connectivity index (χ4v) is 3.01. The molecule has 0 aliphatic rings. The number of aromatic amines is 1. The van der Waals surface area contributed by atoms with Gasteiger partial charge >= 0.3 is 5.97 Å². The largest absolute Gasteiger partial charge is 0.462 e. The molecule has 0 atom stereocenters. The molecule has 0 bridgehead atoms. The number of benzene rings is 2. The minimum Gasteiger partial charge on any atom is -0.462 e. The first-order chi connectivity index (χ1) is 14.1. The van der Waals surface area contributed by atoms with Gasteiger partial charge in [-0.25, -0.2) is 4.79 Å². The SMILES string of the molecule is CCOC(=O)c1ccc(NC(=O)CSc2nnc(-c3ccccc3)c(=O)[nH]2)cc1. The van der Waals surface area contributed by atoms with Crippen molar-refractivity contribution in [3.8, 4) is 11.3 Å². The topological polar surface area (TPSA) is 114 Å². The lowest BCUT2D eigenvalue weighted by Crippen LogP contribution is -2.17. The highest BCUT2D eigenvalue weighted by molar-refractivity contribution is 7.99. The van der Waals surface area contributed by atoms with Gasteiger partial charge in [0.2, 0.25) is 5.91 Å². The number of amides is 1. The zero-order valence-corrected chi connectivity index (χ0v) is 16.4. The summed E-state index contributed by atoms with van der Waals surface area (Å²) < 4.78 is 4.91. The van der Waals surface area contributed by atoms with Crippen LogP contribution in [0.2, 0.25) is 0 Å². The van der Waals surface area contributed by atoms with E-state index in [9.17, 15) is 14.4 Å². The predicted octanol–water partition coefficient (Wildman–Crippen LogP) is 2.74. The van der Waals surface area contributed by atoms with E-state index in [1.165, 1.54) is 0 Å². The number of H-pyrrole nitrogens is 1. The van der Waals surface area contributed by atoms with Crippen LogP contribution in [0.25, 0.3) is 11.3 Å². The third kappa shape index (κ3) is 5.52. The lowest BCUT2D eigenvalue weighted by Gasteiger charge is -2.06. The molecular formula is C20H18N4O4S. The van der Waals surface area contributed by atoms with Crippen molar-refractivity contribution in [1.29, 1.82) is 0 Å². The molecule has 3 rings (SSSR count). The third-order valence-corrected chi connectivity index (χ3v) is 4.61. The maximum absolute atomic E-state index is 12.2. The van der Waals surface area contributed by atoms with Gasteiger partial charge in [-0.15, -0.1) is 10.2 Å². The number of rotatable bonds is 7. The molecule has 1 aromatic heterocycles. The number of hydrogen-bond acceptors (Lipinski definition) is 7. The summed E-state index contributed by atoms with van der Waals surface area (Å²) in [5.41, 5.74) is 1.47. The molecule has 0 fully saturated rings. The number of esters is 1. The van der Waals surface area contributed by atoms with Crippen molar-refractivity contribution in [2.24, 2.45) is 0 Å². The molecule has 2 N–H and O–H groups in total. The molecule has 0 aliphatic carbocycles. The van der Waals surface area contributed by atoms with Crippen LogP contribution in [-0.4, -0.2) is 39.4 Å². The third-order valence-electron chi connectivity index (χ3n) is 3.74. The van der Waals surface area contributed by atoms with Gasteiger partial charge in [0.05, 0.1) is 17.9 Å². The molecule has 0 saturated heterocycles. The van der Waals surface area contributed by atoms with E-state index in [4.69, 9.17) is 4.74 Å². The van der Waals surface area contributed by atoms with Crippen LogP contribution in [0.5, 0.6) is 0 Å². The molecule has 0 aliphatic heterocycles. The number of carbonyl (C=O) groups excluding carboxylic acids is 2. The normalized spacial score (nSPS) is 10.4. The maximum Gasteiger partial charge on any atom is 0.338 e. The summed E-state index contributed by atoms with van der Waals surface area (Å²) >= 11 is 1.07. The Morgan fingerprint density at radius 2 is 1.79 bits per heavy atom. The summed E-state index contributed by atoms with van der Waals surface area (Å²) in [6, 6.07) is 15.4. The van der Waals surface area contributed by atoms with Gasteiger partial charge in [-0.1, -0.05) is 42.1 Å². The Bertz CT molecular complexity index is 1050. The highest BCUT2D eigenvalue weighted by Gasteiger charge is 2.10. The van der Waals surface area contributed by atoms with E-state index in [2.05, 4.69) is 20.5 Å². The number of ether oxygens (including phenoxy) is 1. The number of hydrogen-bond donors (Lipinski definition) is 2. The second-order valence-corrected chi connectivity index (χ2v) is 6.77. The van der Waals surface area contributed by atoms with E-state index in [0.29, 0.717) is 23.4 Å². The lowest BCUT2D eigenvalue weighted by molar-refractivity contribution is -0.113. The molecule has 8 nitrogen and oxygen atoms in total. The van der Waals surface area contributed by atoms with Crippen molar-refractivity contribution in [2.45, 2.75) is 12.1 Å². The van der Waals surface area contributed by atoms with Gasteiger partial charge in [-0.05, 0) is 31.2 Å². The fraction of sp³-hybridized carbons (Fsp3) is 0.150. The average Bonchev–Trinajstić information content (AvgIpc) is 2.73. The summed E-state index contributed by atoms with van der Waals surface area (Å²) in [4.78, 5) is 38.6. The molecule has 1 amide bonds. The van der Waals surface area contributed by atoms with Gasteiger partial charge in [0.25, 0.3) is 5.56 Å². The van der Waals surface area contributed by atoms with Gasteiger partial charge in [-0.3, -0.25) is 14.6 Å². The predicted molar refractivity (Wildman–Crippen MR) is 110 cm³/mol. The van der Waals surface area contributed by atoms with Crippen molar-refractivity contribution >= 4 is 29.3 Å². The molecule has 0 radical (unpaired) electrons. The minimum absolute atomic E-state index is 0.0366. The van der Waals surface area contributed by atoms with E-state index < -0.39 is 5.97 Å². The Balaban J connectivity index is 1.56. The Hall–Kier alpha value is -3.46. The Kier molecular flexibility index (Phi) is 6.75. The summed E-state index contributed by atoms with van der Waals surface area (Å²) in [5.74, 6) is -0.661. The van der Waals surface area contributed by atoms with Gasteiger partial charge in [-0.2, -0.15) is 0 Å². The monoisotopic (exact) mass is 410 g/mol. The molecule has 0 unspecified atom stereocenters. The van der Waals surface area contributed by atoms with Crippen molar-refractivity contribution in [3.05, 3.63) is 70.5 Å². The van der Waals surface area contributed by atoms with Crippen LogP contribution in [0.4, 0.5) is 5.69 Å². The molecule has 29 heavy (non-hydrogen) atoms. The first-order valence-corrected chi connectivity index (χ1v) is 9.77. The van der Waals surface area contributed by atoms with Crippen LogP contribution < -0.4 is 10.9 Å². The van der Waals surface area contributed by atoms with Gasteiger partial charge in [0, 0.05) is 11.3 Å². The smallest absolute Gasteiger partial charge is 0.338 e. The van der Waals surface area contributed by atoms with Gasteiger partial charge < -0.3 is 10.1 Å². The molecule has 148 valence electrons. The van der Waals surface area contributed by atoms with Gasteiger partial charge in [0.1, 0.15) is 0 Å². The maximum atomic E-state index is 12.2. The van der Waals surface area contributed by atoms with Crippen molar-refractivity contribution in [2.75, 3.05) is 17.7 Å². The first-order valence-electron chi connectivity index (χ1n) is 8.79. The van der Waals surface area contributed by atoms with Gasteiger partial charge in [0.15, 0.2) is 10.9 Å². The summed E-state index contributed by atoms with van der Waals surface area (Å²) in [5, 5.41) is 10.9. The quantitative estimate of drug-likeness (QED) is 0.455. The highest BCUT2D eigenvalue weighted by Crippen LogP contribution is 2.15. The van der Waals surface area contributed by atoms with E-state index in [1.54, 1.807) is 43.3 Å². The van der Waals surface area contributed by atoms with E-state index in [-0.39, 0.29) is 28.1 Å². The molecule has 0 saturated carbocycles. The van der Waals surface area contributed by atoms with E-state index >= 15 is 0 Å². The molecule has 0 spiro atoms. The number of nitrogens with one attached hydrogen (secondary N) is 2. The number of nitrogens with zero attached hydrogens (tertiary/aromatic N) is 2. The fourth-order valence-electron chi connectivity index (χ4n) is 2.41. The standard InChI is InChI=1S/C20H18N4O4S/c1-2-28-19(27)14-8-10-15(11-9-14)21-16(25)12-29-20-22-18(26)17(23-24-20)13-6-4-3-5-7-13/h3-11H,2,12H2,1H3,(H,21,25)(H,22,24,26). The number of anilines is 1. The number of aromatic nitrogens is 3. The van der Waals surface area contributed by atoms with Crippen LogP contribution in [0.3, 0.4) is 0 Å². The van der Waals surface area contributed by atoms with Crippen LogP contribution in [0.1, 0.15) is 17.3 Å². The molecule has 3 aromatic rings. The van der Waals surface area contributed by atoms with Crippen molar-refractivity contribution < 1.29 is 14.3 Å². The van der Waals surface area contributed by atoms with Crippen LogP contribution in [0, 0.1) is 0 Å². The molecular weight excluding hydrogens is 392 g/mol. The number of thioether (sulfide) groups is 1. The van der Waals surface area contributed by atoms with Crippen LogP contribution >= 0.6 is 11.8 Å². The van der Waals surface area contributed by atoms with E-state index in [0.717, 1.165) is 11.8 Å². The highest BCUT2D eigenvalue weighted by atomic mass is 32.2. The molecule has 9 heteroatoms. The lowest BCUT2D eigenvalue weighted by atomic mass is 10.2. The zero-order chi connectivity index (χ0) is 20.6. The average molecular weight is 410 g/mol. The zero-order valence-electron chi connectivity index (χ0n) is 15.5. The Labute approximate surface area is 170 Å². The van der Waals surface area contributed by atoms with Crippen molar-refractivity contribution in [3.63, 3.8) is 0 Å².